The Hall–Kier alpha value is -3.61. The van der Waals surface area contributed by atoms with Crippen molar-refractivity contribution in [2.45, 2.75) is 13.0 Å². The third-order valence-electron chi connectivity index (χ3n) is 4.02. The number of aromatic nitrogens is 2. The minimum absolute atomic E-state index is 0.199. The number of methoxy groups -OCH3 is 1. The average Bonchev–Trinajstić information content (AvgIpc) is 3.22. The number of ether oxygens (including phenoxy) is 1. The summed E-state index contributed by atoms with van der Waals surface area (Å²) in [5.41, 5.74) is 1.64. The first-order valence-corrected chi connectivity index (χ1v) is 8.42. The fraction of sp³-hybridized carbons (Fsp3) is 0.150. The fourth-order valence-electron chi connectivity index (χ4n) is 2.52. The molecule has 7 heteroatoms. The van der Waals surface area contributed by atoms with E-state index in [2.05, 4.69) is 15.7 Å². The number of hydrogen-bond acceptors (Lipinski definition) is 4. The van der Waals surface area contributed by atoms with Crippen molar-refractivity contribution in [2.75, 3.05) is 17.7 Å². The lowest BCUT2D eigenvalue weighted by atomic mass is 10.2. The molecule has 0 saturated heterocycles. The van der Waals surface area contributed by atoms with Gasteiger partial charge >= 0.3 is 0 Å². The number of benzene rings is 2. The average molecular weight is 364 g/mol. The van der Waals surface area contributed by atoms with Gasteiger partial charge < -0.3 is 15.4 Å². The van der Waals surface area contributed by atoms with E-state index in [4.69, 9.17) is 4.74 Å². The van der Waals surface area contributed by atoms with E-state index in [9.17, 15) is 9.59 Å². The monoisotopic (exact) mass is 364 g/mol. The molecule has 7 nitrogen and oxygen atoms in total. The number of carbonyl (C=O) groups is 2. The fourth-order valence-corrected chi connectivity index (χ4v) is 2.52. The summed E-state index contributed by atoms with van der Waals surface area (Å²) in [5, 5.41) is 9.72. The molecule has 1 heterocycles. The Morgan fingerprint density at radius 2 is 1.78 bits per heavy atom. The van der Waals surface area contributed by atoms with Crippen LogP contribution >= 0.6 is 0 Å². The first-order chi connectivity index (χ1) is 13.1. The van der Waals surface area contributed by atoms with Crippen molar-refractivity contribution in [1.82, 2.24) is 9.78 Å². The molecule has 1 atom stereocenters. The van der Waals surface area contributed by atoms with Crippen LogP contribution in [0.4, 0.5) is 11.4 Å². The first kappa shape index (κ1) is 18.2. The third kappa shape index (κ3) is 4.52. The predicted molar refractivity (Wildman–Crippen MR) is 103 cm³/mol. The van der Waals surface area contributed by atoms with Gasteiger partial charge in [-0.25, -0.2) is 0 Å². The van der Waals surface area contributed by atoms with Crippen LogP contribution in [0.15, 0.2) is 67.0 Å². The SMILES string of the molecule is COc1cccc(C(=O)Nc2cccc(NC(=O)C(C)n3cccn3)c2)c1. The van der Waals surface area contributed by atoms with E-state index in [1.54, 1.807) is 85.7 Å². The molecule has 27 heavy (non-hydrogen) atoms. The Balaban J connectivity index is 1.68. The van der Waals surface area contributed by atoms with E-state index in [-0.39, 0.29) is 11.8 Å². The van der Waals surface area contributed by atoms with Crippen LogP contribution < -0.4 is 15.4 Å². The van der Waals surface area contributed by atoms with Gasteiger partial charge in [0.05, 0.1) is 7.11 Å². The van der Waals surface area contributed by atoms with Crippen LogP contribution in [0, 0.1) is 0 Å². The van der Waals surface area contributed by atoms with Gasteiger partial charge in [-0.1, -0.05) is 12.1 Å². The Morgan fingerprint density at radius 1 is 1.04 bits per heavy atom. The molecular formula is C20H20N4O3. The molecule has 1 aromatic heterocycles. The molecule has 2 N–H and O–H groups in total. The quantitative estimate of drug-likeness (QED) is 0.702. The van der Waals surface area contributed by atoms with Gasteiger partial charge in [0.15, 0.2) is 0 Å². The van der Waals surface area contributed by atoms with Gasteiger partial charge in [0.2, 0.25) is 5.91 Å². The summed E-state index contributed by atoms with van der Waals surface area (Å²) in [6.07, 6.45) is 3.35. The minimum Gasteiger partial charge on any atom is -0.497 e. The lowest BCUT2D eigenvalue weighted by Gasteiger charge is -2.13. The van der Waals surface area contributed by atoms with E-state index in [0.717, 1.165) is 0 Å². The van der Waals surface area contributed by atoms with Gasteiger partial charge in [-0.05, 0) is 49.4 Å². The topological polar surface area (TPSA) is 85.3 Å². The van der Waals surface area contributed by atoms with Gasteiger partial charge in [-0.2, -0.15) is 5.10 Å². The highest BCUT2D eigenvalue weighted by atomic mass is 16.5. The third-order valence-corrected chi connectivity index (χ3v) is 4.02. The molecule has 0 aliphatic rings. The number of hydrogen-bond donors (Lipinski definition) is 2. The van der Waals surface area contributed by atoms with Gasteiger partial charge in [-0.3, -0.25) is 14.3 Å². The second kappa shape index (κ2) is 8.18. The summed E-state index contributed by atoms with van der Waals surface area (Å²) in [6.45, 7) is 1.76. The molecule has 2 aromatic carbocycles. The summed E-state index contributed by atoms with van der Waals surface area (Å²) in [6, 6.07) is 15.2. The summed E-state index contributed by atoms with van der Waals surface area (Å²) < 4.78 is 6.71. The van der Waals surface area contributed by atoms with E-state index >= 15 is 0 Å². The van der Waals surface area contributed by atoms with Crippen molar-refractivity contribution < 1.29 is 14.3 Å². The van der Waals surface area contributed by atoms with E-state index in [1.165, 1.54) is 0 Å². The van der Waals surface area contributed by atoms with Crippen LogP contribution in [0.5, 0.6) is 5.75 Å². The molecule has 1 unspecified atom stereocenters. The van der Waals surface area contributed by atoms with Gasteiger partial charge in [0, 0.05) is 29.3 Å². The summed E-state index contributed by atoms with van der Waals surface area (Å²) in [5.74, 6) is 0.147. The number of nitrogens with zero attached hydrogens (tertiary/aromatic N) is 2. The van der Waals surface area contributed by atoms with E-state index < -0.39 is 6.04 Å². The highest BCUT2D eigenvalue weighted by molar-refractivity contribution is 6.05. The summed E-state index contributed by atoms with van der Waals surface area (Å²) in [4.78, 5) is 24.8. The van der Waals surface area contributed by atoms with Crippen LogP contribution in [-0.4, -0.2) is 28.7 Å². The molecule has 0 aliphatic carbocycles. The number of rotatable bonds is 6. The molecule has 2 amide bonds. The van der Waals surface area contributed by atoms with Crippen molar-refractivity contribution in [2.24, 2.45) is 0 Å². The van der Waals surface area contributed by atoms with Crippen LogP contribution in [0.25, 0.3) is 0 Å². The Morgan fingerprint density at radius 3 is 2.48 bits per heavy atom. The normalized spacial score (nSPS) is 11.5. The Labute approximate surface area is 157 Å². The molecule has 0 aliphatic heterocycles. The second-order valence-electron chi connectivity index (χ2n) is 5.92. The van der Waals surface area contributed by atoms with Crippen molar-refractivity contribution in [3.63, 3.8) is 0 Å². The lowest BCUT2D eigenvalue weighted by Crippen LogP contribution is -2.24. The zero-order valence-corrected chi connectivity index (χ0v) is 15.0. The van der Waals surface area contributed by atoms with Crippen molar-refractivity contribution in [3.05, 3.63) is 72.6 Å². The molecule has 3 aromatic rings. The van der Waals surface area contributed by atoms with Crippen LogP contribution in [0.1, 0.15) is 23.3 Å². The molecule has 0 radical (unpaired) electrons. The minimum atomic E-state index is -0.449. The molecule has 138 valence electrons. The molecule has 0 fully saturated rings. The number of anilines is 2. The largest absolute Gasteiger partial charge is 0.497 e. The Bertz CT molecular complexity index is 938. The summed E-state index contributed by atoms with van der Waals surface area (Å²) >= 11 is 0. The molecule has 0 spiro atoms. The van der Waals surface area contributed by atoms with Crippen molar-refractivity contribution in [3.8, 4) is 5.75 Å². The predicted octanol–water partition coefficient (Wildman–Crippen LogP) is 3.34. The maximum atomic E-state index is 12.4. The highest BCUT2D eigenvalue weighted by Crippen LogP contribution is 2.19. The maximum absolute atomic E-state index is 12.4. The van der Waals surface area contributed by atoms with Crippen molar-refractivity contribution in [1.29, 1.82) is 0 Å². The number of amides is 2. The van der Waals surface area contributed by atoms with Crippen LogP contribution in [-0.2, 0) is 4.79 Å². The van der Waals surface area contributed by atoms with Gasteiger partial charge in [-0.15, -0.1) is 0 Å². The number of nitrogens with one attached hydrogen (secondary N) is 2. The summed E-state index contributed by atoms with van der Waals surface area (Å²) in [7, 11) is 1.55. The zero-order valence-electron chi connectivity index (χ0n) is 15.0. The lowest BCUT2D eigenvalue weighted by molar-refractivity contribution is -0.119. The standard InChI is InChI=1S/C20H20N4O3/c1-14(24-11-5-10-21-24)19(25)22-16-7-4-8-17(13-16)23-20(26)15-6-3-9-18(12-15)27-2/h3-14H,1-2H3,(H,22,25)(H,23,26). The smallest absolute Gasteiger partial charge is 0.255 e. The Kier molecular flexibility index (Phi) is 5.51. The molecule has 0 bridgehead atoms. The maximum Gasteiger partial charge on any atom is 0.255 e. The highest BCUT2D eigenvalue weighted by Gasteiger charge is 2.15. The van der Waals surface area contributed by atoms with Crippen LogP contribution in [0.3, 0.4) is 0 Å². The van der Waals surface area contributed by atoms with E-state index in [0.29, 0.717) is 22.7 Å². The molecule has 0 saturated carbocycles. The van der Waals surface area contributed by atoms with E-state index in [1.807, 2.05) is 0 Å². The molecular weight excluding hydrogens is 344 g/mol. The van der Waals surface area contributed by atoms with Crippen LogP contribution in [0.2, 0.25) is 0 Å². The zero-order chi connectivity index (χ0) is 19.2. The van der Waals surface area contributed by atoms with Crippen molar-refractivity contribution >= 4 is 23.2 Å². The van der Waals surface area contributed by atoms with Gasteiger partial charge in [0.25, 0.3) is 5.91 Å². The van der Waals surface area contributed by atoms with Gasteiger partial charge in [0.1, 0.15) is 11.8 Å². The molecule has 3 rings (SSSR count). The first-order valence-electron chi connectivity index (χ1n) is 8.42. The number of carbonyl (C=O) groups excluding carboxylic acids is 2. The second-order valence-corrected chi connectivity index (χ2v) is 5.92.